The summed E-state index contributed by atoms with van der Waals surface area (Å²) in [7, 11) is 2.98. The Morgan fingerprint density at radius 1 is 1.32 bits per heavy atom. The van der Waals surface area contributed by atoms with Gasteiger partial charge >= 0.3 is 6.18 Å². The van der Waals surface area contributed by atoms with E-state index in [1.54, 1.807) is 0 Å². The zero-order chi connectivity index (χ0) is 16.8. The van der Waals surface area contributed by atoms with Gasteiger partial charge in [0.25, 0.3) is 5.69 Å². The summed E-state index contributed by atoms with van der Waals surface area (Å²) in [6.45, 7) is 0.343. The van der Waals surface area contributed by atoms with Crippen molar-refractivity contribution in [2.45, 2.75) is 25.3 Å². The van der Waals surface area contributed by atoms with Gasteiger partial charge in [-0.15, -0.1) is 0 Å². The SMILES string of the molecule is COC(CCCNc1ccc(C(F)(F)F)cc1[N+](=O)[O-])OC. The van der Waals surface area contributed by atoms with Crippen LogP contribution in [0.2, 0.25) is 0 Å². The smallest absolute Gasteiger partial charge is 0.379 e. The van der Waals surface area contributed by atoms with Gasteiger partial charge in [-0.2, -0.15) is 13.2 Å². The number of nitro benzene ring substituents is 1. The Morgan fingerprint density at radius 2 is 1.95 bits per heavy atom. The number of rotatable bonds is 8. The Balaban J connectivity index is 2.72. The van der Waals surface area contributed by atoms with E-state index in [4.69, 9.17) is 9.47 Å². The number of methoxy groups -OCH3 is 2. The lowest BCUT2D eigenvalue weighted by atomic mass is 10.1. The molecular weight excluding hydrogens is 305 g/mol. The number of halogens is 3. The number of alkyl halides is 3. The first-order valence-corrected chi connectivity index (χ1v) is 6.44. The number of ether oxygens (including phenoxy) is 2. The van der Waals surface area contributed by atoms with E-state index in [9.17, 15) is 23.3 Å². The van der Waals surface area contributed by atoms with Gasteiger partial charge in [-0.25, -0.2) is 0 Å². The Hall–Kier alpha value is -1.87. The molecule has 0 atom stereocenters. The van der Waals surface area contributed by atoms with Crippen LogP contribution in [0.15, 0.2) is 18.2 Å². The molecule has 0 radical (unpaired) electrons. The third-order valence-corrected chi connectivity index (χ3v) is 2.98. The van der Waals surface area contributed by atoms with Gasteiger partial charge in [0.2, 0.25) is 0 Å². The second-order valence-corrected chi connectivity index (χ2v) is 4.46. The average molecular weight is 322 g/mol. The molecule has 0 saturated carbocycles. The van der Waals surface area contributed by atoms with E-state index in [1.807, 2.05) is 0 Å². The molecule has 1 N–H and O–H groups in total. The zero-order valence-corrected chi connectivity index (χ0v) is 12.1. The molecule has 0 spiro atoms. The topological polar surface area (TPSA) is 73.6 Å². The Morgan fingerprint density at radius 3 is 2.45 bits per heavy atom. The summed E-state index contributed by atoms with van der Waals surface area (Å²) in [6, 6.07) is 2.39. The fourth-order valence-corrected chi connectivity index (χ4v) is 1.83. The van der Waals surface area contributed by atoms with E-state index >= 15 is 0 Å². The van der Waals surface area contributed by atoms with Crippen molar-refractivity contribution in [2.24, 2.45) is 0 Å². The highest BCUT2D eigenvalue weighted by Crippen LogP contribution is 2.34. The first kappa shape index (κ1) is 18.2. The molecule has 0 bridgehead atoms. The lowest BCUT2D eigenvalue weighted by Crippen LogP contribution is -2.15. The largest absolute Gasteiger partial charge is 0.416 e. The first-order chi connectivity index (χ1) is 10.3. The van der Waals surface area contributed by atoms with Crippen LogP contribution >= 0.6 is 0 Å². The number of hydrogen-bond acceptors (Lipinski definition) is 5. The van der Waals surface area contributed by atoms with Gasteiger partial charge in [0, 0.05) is 26.8 Å². The second-order valence-electron chi connectivity index (χ2n) is 4.46. The van der Waals surface area contributed by atoms with Gasteiger partial charge in [0.15, 0.2) is 6.29 Å². The van der Waals surface area contributed by atoms with Crippen molar-refractivity contribution in [3.63, 3.8) is 0 Å². The van der Waals surface area contributed by atoms with Crippen molar-refractivity contribution >= 4 is 11.4 Å². The van der Waals surface area contributed by atoms with Crippen molar-refractivity contribution in [3.05, 3.63) is 33.9 Å². The molecule has 1 aromatic carbocycles. The summed E-state index contributed by atoms with van der Waals surface area (Å²) in [4.78, 5) is 10.1. The highest BCUT2D eigenvalue weighted by Gasteiger charge is 2.32. The van der Waals surface area contributed by atoms with E-state index in [-0.39, 0.29) is 12.0 Å². The van der Waals surface area contributed by atoms with Crippen LogP contribution in [0.4, 0.5) is 24.5 Å². The van der Waals surface area contributed by atoms with Crippen molar-refractivity contribution in [1.29, 1.82) is 0 Å². The van der Waals surface area contributed by atoms with E-state index in [0.717, 1.165) is 12.1 Å². The minimum Gasteiger partial charge on any atom is -0.379 e. The zero-order valence-electron chi connectivity index (χ0n) is 12.1. The molecule has 6 nitrogen and oxygen atoms in total. The van der Waals surface area contributed by atoms with Crippen LogP contribution < -0.4 is 5.32 Å². The van der Waals surface area contributed by atoms with Crippen LogP contribution in [0, 0.1) is 10.1 Å². The average Bonchev–Trinajstić information content (AvgIpc) is 2.46. The number of anilines is 1. The van der Waals surface area contributed by atoms with E-state index in [1.165, 1.54) is 14.2 Å². The molecule has 0 amide bonds. The molecule has 1 rings (SSSR count). The molecule has 124 valence electrons. The normalized spacial score (nSPS) is 11.7. The van der Waals surface area contributed by atoms with Crippen LogP contribution in [0.5, 0.6) is 0 Å². The minimum atomic E-state index is -4.62. The molecule has 9 heteroatoms. The molecule has 1 aromatic rings. The summed E-state index contributed by atoms with van der Waals surface area (Å²) >= 11 is 0. The van der Waals surface area contributed by atoms with Crippen LogP contribution in [-0.2, 0) is 15.7 Å². The highest BCUT2D eigenvalue weighted by atomic mass is 19.4. The highest BCUT2D eigenvalue weighted by molar-refractivity contribution is 5.62. The summed E-state index contributed by atoms with van der Waals surface area (Å²) in [5.74, 6) is 0. The maximum atomic E-state index is 12.6. The quantitative estimate of drug-likeness (QED) is 0.343. The third-order valence-electron chi connectivity index (χ3n) is 2.98. The molecule has 0 fully saturated rings. The number of nitrogens with one attached hydrogen (secondary N) is 1. The fraction of sp³-hybridized carbons (Fsp3) is 0.538. The predicted molar refractivity (Wildman–Crippen MR) is 73.6 cm³/mol. The first-order valence-electron chi connectivity index (χ1n) is 6.44. The van der Waals surface area contributed by atoms with Crippen LogP contribution in [0.3, 0.4) is 0 Å². The summed E-state index contributed by atoms with van der Waals surface area (Å²) in [5, 5.41) is 13.6. The molecular formula is C13H17F3N2O4. The Bertz CT molecular complexity index is 505. The number of nitrogens with zero attached hydrogens (tertiary/aromatic N) is 1. The third kappa shape index (κ3) is 5.15. The van der Waals surface area contributed by atoms with Gasteiger partial charge in [-0.1, -0.05) is 0 Å². The maximum absolute atomic E-state index is 12.6. The van der Waals surface area contributed by atoms with Crippen LogP contribution in [0.1, 0.15) is 18.4 Å². The van der Waals surface area contributed by atoms with E-state index in [2.05, 4.69) is 5.32 Å². The van der Waals surface area contributed by atoms with Crippen LogP contribution in [-0.4, -0.2) is 32.0 Å². The van der Waals surface area contributed by atoms with Gasteiger partial charge in [0.1, 0.15) is 5.69 Å². The molecule has 0 aliphatic heterocycles. The molecule has 0 saturated heterocycles. The van der Waals surface area contributed by atoms with Crippen molar-refractivity contribution in [3.8, 4) is 0 Å². The van der Waals surface area contributed by atoms with E-state index in [0.29, 0.717) is 25.5 Å². The van der Waals surface area contributed by atoms with E-state index < -0.39 is 22.4 Å². The van der Waals surface area contributed by atoms with Gasteiger partial charge in [-0.05, 0) is 25.0 Å². The predicted octanol–water partition coefficient (Wildman–Crippen LogP) is 3.42. The monoisotopic (exact) mass is 322 g/mol. The van der Waals surface area contributed by atoms with Crippen molar-refractivity contribution in [2.75, 3.05) is 26.1 Å². The minimum absolute atomic E-state index is 0.0457. The Kier molecular flexibility index (Phi) is 6.57. The Labute approximate surface area is 125 Å². The summed E-state index contributed by atoms with van der Waals surface area (Å²) in [6.07, 6.45) is -3.88. The number of hydrogen-bond donors (Lipinski definition) is 1. The summed E-state index contributed by atoms with van der Waals surface area (Å²) in [5.41, 5.74) is -1.61. The molecule has 0 aliphatic carbocycles. The number of benzene rings is 1. The number of nitro groups is 1. The second kappa shape index (κ2) is 7.95. The molecule has 0 aliphatic rings. The molecule has 22 heavy (non-hydrogen) atoms. The summed E-state index contributed by atoms with van der Waals surface area (Å²) < 4.78 is 47.7. The fourth-order valence-electron chi connectivity index (χ4n) is 1.83. The molecule has 0 heterocycles. The molecule has 0 aromatic heterocycles. The maximum Gasteiger partial charge on any atom is 0.416 e. The molecule has 0 unspecified atom stereocenters. The van der Waals surface area contributed by atoms with Gasteiger partial charge in [0.05, 0.1) is 10.5 Å². The van der Waals surface area contributed by atoms with Gasteiger partial charge < -0.3 is 14.8 Å². The standard InChI is InChI=1S/C13H17F3N2O4/c1-21-12(22-2)4-3-7-17-10-6-5-9(13(14,15)16)8-11(10)18(19)20/h5-6,8,12,17H,3-4,7H2,1-2H3. The van der Waals surface area contributed by atoms with Crippen LogP contribution in [0.25, 0.3) is 0 Å². The van der Waals surface area contributed by atoms with Crippen molar-refractivity contribution < 1.29 is 27.6 Å². The van der Waals surface area contributed by atoms with Crippen molar-refractivity contribution in [1.82, 2.24) is 0 Å². The lowest BCUT2D eigenvalue weighted by molar-refractivity contribution is -0.384. The van der Waals surface area contributed by atoms with Gasteiger partial charge in [-0.3, -0.25) is 10.1 Å². The lowest BCUT2D eigenvalue weighted by Gasteiger charge is -2.14.